The van der Waals surface area contributed by atoms with E-state index >= 15 is 0 Å². The van der Waals surface area contributed by atoms with Gasteiger partial charge in [-0.2, -0.15) is 11.8 Å². The minimum atomic E-state index is -1.19. The Hall–Kier alpha value is -1.89. The first-order chi connectivity index (χ1) is 21.5. The third-order valence-electron chi connectivity index (χ3n) is 7.48. The van der Waals surface area contributed by atoms with E-state index in [1.54, 1.807) is 11.8 Å². The molecule has 0 aliphatic carbocycles. The van der Waals surface area contributed by atoms with Gasteiger partial charge in [-0.3, -0.25) is 19.2 Å². The van der Waals surface area contributed by atoms with Gasteiger partial charge in [0.25, 0.3) is 0 Å². The second-order valence-corrected chi connectivity index (χ2v) is 13.0. The topological polar surface area (TPSA) is 147 Å². The summed E-state index contributed by atoms with van der Waals surface area (Å²) < 4.78 is 27.8. The molecule has 0 radical (unpaired) electrons. The zero-order valence-corrected chi connectivity index (χ0v) is 29.0. The Morgan fingerprint density at radius 1 is 0.756 bits per heavy atom. The molecular weight excluding hydrogens is 602 g/mol. The SMILES string of the molecule is CCCCCCCCCCCCCCCCSC[C@@H](O)CO[C@@H]1O[C@H](COC(C)=O)[C@@H](OC(C)=O)[C@H](OC(C)=O)[C@H]1NC(C)=O. The van der Waals surface area contributed by atoms with E-state index in [0.29, 0.717) is 5.75 Å². The molecule has 12 heteroatoms. The number of aliphatic hydroxyl groups excluding tert-OH is 1. The van der Waals surface area contributed by atoms with Crippen molar-refractivity contribution in [1.82, 2.24) is 5.32 Å². The Bertz CT molecular complexity index is 844. The van der Waals surface area contributed by atoms with E-state index in [4.69, 9.17) is 23.7 Å². The van der Waals surface area contributed by atoms with Crippen molar-refractivity contribution in [3.8, 4) is 0 Å². The fourth-order valence-electron chi connectivity index (χ4n) is 5.31. The Morgan fingerprint density at radius 2 is 1.27 bits per heavy atom. The Morgan fingerprint density at radius 3 is 1.76 bits per heavy atom. The second-order valence-electron chi connectivity index (χ2n) is 11.9. The maximum atomic E-state index is 12.0. The molecule has 262 valence electrons. The van der Waals surface area contributed by atoms with Crippen molar-refractivity contribution < 1.29 is 48.0 Å². The van der Waals surface area contributed by atoms with Crippen LogP contribution in [0.5, 0.6) is 0 Å². The van der Waals surface area contributed by atoms with E-state index in [-0.39, 0.29) is 13.2 Å². The van der Waals surface area contributed by atoms with Crippen LogP contribution in [0.15, 0.2) is 0 Å². The third-order valence-corrected chi connectivity index (χ3v) is 8.67. The van der Waals surface area contributed by atoms with E-state index in [1.165, 1.54) is 111 Å². The largest absolute Gasteiger partial charge is 0.463 e. The molecule has 1 saturated heterocycles. The highest BCUT2D eigenvalue weighted by Crippen LogP contribution is 2.28. The highest BCUT2D eigenvalue weighted by molar-refractivity contribution is 7.99. The first-order valence-corrected chi connectivity index (χ1v) is 18.0. The van der Waals surface area contributed by atoms with E-state index in [9.17, 15) is 24.3 Å². The molecule has 6 atom stereocenters. The summed E-state index contributed by atoms with van der Waals surface area (Å²) >= 11 is 1.65. The molecule has 0 aromatic carbocycles. The van der Waals surface area contributed by atoms with Crippen LogP contribution in [0.3, 0.4) is 0 Å². The van der Waals surface area contributed by atoms with Crippen LogP contribution in [0.4, 0.5) is 0 Å². The van der Waals surface area contributed by atoms with Crippen molar-refractivity contribution in [2.75, 3.05) is 24.7 Å². The first-order valence-electron chi connectivity index (χ1n) is 16.8. The minimum absolute atomic E-state index is 0.113. The summed E-state index contributed by atoms with van der Waals surface area (Å²) in [4.78, 5) is 47.3. The van der Waals surface area contributed by atoms with Gasteiger partial charge in [0.2, 0.25) is 5.91 Å². The van der Waals surface area contributed by atoms with Crippen LogP contribution in [-0.2, 0) is 42.9 Å². The van der Waals surface area contributed by atoms with Gasteiger partial charge in [0.1, 0.15) is 18.8 Å². The van der Waals surface area contributed by atoms with Crippen molar-refractivity contribution in [2.45, 2.75) is 161 Å². The van der Waals surface area contributed by atoms with Gasteiger partial charge in [-0.05, 0) is 12.2 Å². The smallest absolute Gasteiger partial charge is 0.303 e. The monoisotopic (exact) mass is 661 g/mol. The minimum Gasteiger partial charge on any atom is -0.463 e. The van der Waals surface area contributed by atoms with E-state index in [1.807, 2.05) is 0 Å². The molecule has 0 bridgehead atoms. The summed E-state index contributed by atoms with van der Waals surface area (Å²) in [6, 6.07) is -1.06. The lowest BCUT2D eigenvalue weighted by molar-refractivity contribution is -0.280. The van der Waals surface area contributed by atoms with Crippen LogP contribution in [0.1, 0.15) is 125 Å². The molecule has 0 spiro atoms. The number of unbranched alkanes of at least 4 members (excludes halogenated alkanes) is 13. The lowest BCUT2D eigenvalue weighted by Crippen LogP contribution is -2.66. The fraction of sp³-hybridized carbons (Fsp3) is 0.879. The number of ether oxygens (including phenoxy) is 5. The van der Waals surface area contributed by atoms with Crippen LogP contribution < -0.4 is 5.32 Å². The summed E-state index contributed by atoms with van der Waals surface area (Å²) in [5.74, 6) is -1.02. The lowest BCUT2D eigenvalue weighted by atomic mass is 9.96. The van der Waals surface area contributed by atoms with Gasteiger partial charge in [0, 0.05) is 33.4 Å². The summed E-state index contributed by atoms with van der Waals surface area (Å²) in [5, 5.41) is 13.2. The predicted molar refractivity (Wildman–Crippen MR) is 174 cm³/mol. The normalized spacial score (nSPS) is 22.0. The molecule has 1 rings (SSSR count). The average Bonchev–Trinajstić information content (AvgIpc) is 2.96. The third kappa shape index (κ3) is 20.1. The number of carbonyl (C=O) groups is 4. The van der Waals surface area contributed by atoms with Gasteiger partial charge in [0.15, 0.2) is 18.5 Å². The Labute approximate surface area is 274 Å². The quantitative estimate of drug-likeness (QED) is 0.0753. The molecule has 1 aliphatic heterocycles. The maximum absolute atomic E-state index is 12.0. The number of hydrogen-bond donors (Lipinski definition) is 2. The maximum Gasteiger partial charge on any atom is 0.303 e. The number of aliphatic hydroxyl groups is 1. The standard InChI is InChI=1S/C33H59NO10S/c1-6-7-8-9-10-11-12-13-14-15-16-17-18-19-20-45-23-28(39)21-41-33-30(34-24(2)35)32(43-27(5)38)31(42-26(4)37)29(44-33)22-40-25(3)36/h28-33,39H,6-23H2,1-5H3,(H,34,35)/t28-,29+,30+,31+,32+,33+/m0/s1. The molecule has 0 aromatic rings. The number of rotatable bonds is 25. The highest BCUT2D eigenvalue weighted by Gasteiger charge is 2.51. The van der Waals surface area contributed by atoms with Crippen LogP contribution >= 0.6 is 11.8 Å². The van der Waals surface area contributed by atoms with Crippen LogP contribution in [0, 0.1) is 0 Å². The van der Waals surface area contributed by atoms with Crippen LogP contribution in [0.2, 0.25) is 0 Å². The highest BCUT2D eigenvalue weighted by atomic mass is 32.2. The molecule has 2 N–H and O–H groups in total. The summed E-state index contributed by atoms with van der Waals surface area (Å²) in [7, 11) is 0. The second kappa shape index (κ2) is 25.2. The molecule has 11 nitrogen and oxygen atoms in total. The van der Waals surface area contributed by atoms with Gasteiger partial charge >= 0.3 is 17.9 Å². The Balaban J connectivity index is 2.45. The number of carbonyl (C=O) groups excluding carboxylic acids is 4. The molecule has 1 amide bonds. The molecule has 1 aliphatic rings. The van der Waals surface area contributed by atoms with Gasteiger partial charge in [0.05, 0.1) is 12.7 Å². The number of nitrogens with one attached hydrogen (secondary N) is 1. The number of hydrogen-bond acceptors (Lipinski definition) is 11. The molecule has 0 unspecified atom stereocenters. The van der Waals surface area contributed by atoms with Gasteiger partial charge in [-0.1, -0.05) is 90.4 Å². The fourth-order valence-corrected chi connectivity index (χ4v) is 6.25. The van der Waals surface area contributed by atoms with E-state index < -0.39 is 60.6 Å². The average molecular weight is 662 g/mol. The van der Waals surface area contributed by atoms with E-state index in [2.05, 4.69) is 12.2 Å². The number of amides is 1. The zero-order chi connectivity index (χ0) is 33.5. The summed E-state index contributed by atoms with van der Waals surface area (Å²) in [5.41, 5.74) is 0. The number of esters is 3. The van der Waals surface area contributed by atoms with Gasteiger partial charge in [-0.25, -0.2) is 0 Å². The van der Waals surface area contributed by atoms with Crippen LogP contribution in [0.25, 0.3) is 0 Å². The van der Waals surface area contributed by atoms with Crippen molar-refractivity contribution in [1.29, 1.82) is 0 Å². The van der Waals surface area contributed by atoms with Crippen molar-refractivity contribution in [3.63, 3.8) is 0 Å². The molecule has 45 heavy (non-hydrogen) atoms. The van der Waals surface area contributed by atoms with Crippen molar-refractivity contribution >= 4 is 35.6 Å². The van der Waals surface area contributed by atoms with Gasteiger partial charge in [-0.15, -0.1) is 0 Å². The zero-order valence-electron chi connectivity index (χ0n) is 28.2. The van der Waals surface area contributed by atoms with E-state index in [0.717, 1.165) is 12.2 Å². The first kappa shape index (κ1) is 41.1. The van der Waals surface area contributed by atoms with Gasteiger partial charge < -0.3 is 34.1 Å². The van der Waals surface area contributed by atoms with Crippen molar-refractivity contribution in [3.05, 3.63) is 0 Å². The molecule has 0 aromatic heterocycles. The summed E-state index contributed by atoms with van der Waals surface area (Å²) in [6.45, 7) is 6.68. The van der Waals surface area contributed by atoms with Crippen LogP contribution in [-0.4, -0.2) is 90.4 Å². The molecule has 0 saturated carbocycles. The molecular formula is C33H59NO10S. The lowest BCUT2D eigenvalue weighted by Gasteiger charge is -2.45. The molecule has 1 fully saturated rings. The van der Waals surface area contributed by atoms with Crippen molar-refractivity contribution in [2.24, 2.45) is 0 Å². The summed E-state index contributed by atoms with van der Waals surface area (Å²) in [6.07, 6.45) is 12.9. The molecule has 1 heterocycles. The Kier molecular flexibility index (Phi) is 23.1. The number of thioether (sulfide) groups is 1. The predicted octanol–water partition coefficient (Wildman–Crippen LogP) is 5.23.